The molecule has 4 heterocycles. The van der Waals surface area contributed by atoms with Crippen LogP contribution in [0.2, 0.25) is 0 Å². The number of anilines is 1. The van der Waals surface area contributed by atoms with Crippen LogP contribution < -0.4 is 4.90 Å². The van der Waals surface area contributed by atoms with E-state index in [0.29, 0.717) is 22.5 Å². The van der Waals surface area contributed by atoms with Gasteiger partial charge in [-0.3, -0.25) is 19.6 Å². The van der Waals surface area contributed by atoms with Crippen LogP contribution in [0.15, 0.2) is 183 Å². The number of pyridine rings is 2. The van der Waals surface area contributed by atoms with Crippen molar-refractivity contribution in [2.75, 3.05) is 4.90 Å². The summed E-state index contributed by atoms with van der Waals surface area (Å²) in [5.74, 6) is -0.716. The Labute approximate surface area is 311 Å². The molecule has 0 unspecified atom stereocenters. The highest BCUT2D eigenvalue weighted by Gasteiger charge is 2.40. The number of aromatic nitrogens is 3. The minimum absolute atomic E-state index is 0.352. The number of fused-ring (bicyclic) bond motifs is 4. The van der Waals surface area contributed by atoms with E-state index in [1.165, 1.54) is 4.90 Å². The smallest absolute Gasteiger partial charge is 0.268 e. The normalized spacial score (nSPS) is 12.5. The van der Waals surface area contributed by atoms with E-state index >= 15 is 0 Å². The van der Waals surface area contributed by atoms with Crippen molar-refractivity contribution in [1.29, 1.82) is 0 Å². The van der Waals surface area contributed by atoms with E-state index in [9.17, 15) is 9.59 Å². The van der Waals surface area contributed by atoms with Crippen LogP contribution in [0.1, 0.15) is 20.7 Å². The fourth-order valence-electron chi connectivity index (χ4n) is 7.96. The molecule has 0 saturated heterocycles. The van der Waals surface area contributed by atoms with E-state index < -0.39 is 0 Å². The molecule has 3 aromatic heterocycles. The molecule has 0 bridgehead atoms. The summed E-state index contributed by atoms with van der Waals surface area (Å²) >= 11 is 0. The zero-order chi connectivity index (χ0) is 36.2. The van der Waals surface area contributed by atoms with Crippen LogP contribution in [-0.4, -0.2) is 26.3 Å². The third kappa shape index (κ3) is 4.89. The van der Waals surface area contributed by atoms with Gasteiger partial charge in [0.1, 0.15) is 0 Å². The largest absolute Gasteiger partial charge is 0.308 e. The summed E-state index contributed by atoms with van der Waals surface area (Å²) in [5.41, 5.74) is 11.5. The third-order valence-electron chi connectivity index (χ3n) is 10.3. The molecular weight excluding hydrogens is 665 g/mol. The molecule has 0 saturated carbocycles. The summed E-state index contributed by atoms with van der Waals surface area (Å²) in [5, 5.41) is 2.04. The molecule has 254 valence electrons. The van der Waals surface area contributed by atoms with Gasteiger partial charge in [-0.25, -0.2) is 4.90 Å². The van der Waals surface area contributed by atoms with E-state index in [1.807, 2.05) is 109 Å². The first-order valence-corrected chi connectivity index (χ1v) is 17.8. The van der Waals surface area contributed by atoms with Crippen molar-refractivity contribution in [3.8, 4) is 50.2 Å². The highest BCUT2D eigenvalue weighted by atomic mass is 16.2. The fourth-order valence-corrected chi connectivity index (χ4v) is 7.96. The van der Waals surface area contributed by atoms with Gasteiger partial charge in [-0.2, -0.15) is 0 Å². The Morgan fingerprint density at radius 2 is 0.944 bits per heavy atom. The number of benzene rings is 6. The van der Waals surface area contributed by atoms with Crippen LogP contribution in [0.3, 0.4) is 0 Å². The Morgan fingerprint density at radius 1 is 0.389 bits per heavy atom. The first-order chi connectivity index (χ1) is 26.7. The van der Waals surface area contributed by atoms with E-state index in [-0.39, 0.29) is 11.8 Å². The van der Waals surface area contributed by atoms with Crippen LogP contribution in [0.5, 0.6) is 0 Å². The summed E-state index contributed by atoms with van der Waals surface area (Å²) in [6.07, 6.45) is 7.29. The van der Waals surface area contributed by atoms with E-state index in [2.05, 4.69) is 69.1 Å². The van der Waals surface area contributed by atoms with Crippen molar-refractivity contribution in [2.24, 2.45) is 0 Å². The maximum Gasteiger partial charge on any atom is 0.268 e. The van der Waals surface area contributed by atoms with Crippen LogP contribution in [0.4, 0.5) is 5.69 Å². The number of nitrogens with zero attached hydrogens (tertiary/aromatic N) is 4. The molecule has 0 radical (unpaired) electrons. The molecule has 1 aliphatic rings. The van der Waals surface area contributed by atoms with Crippen LogP contribution in [-0.2, 0) is 0 Å². The minimum atomic E-state index is -0.364. The molecule has 0 N–H and O–H groups in total. The summed E-state index contributed by atoms with van der Waals surface area (Å²) in [6, 6.07) is 52.0. The van der Waals surface area contributed by atoms with Gasteiger partial charge >= 0.3 is 0 Å². The summed E-state index contributed by atoms with van der Waals surface area (Å²) < 4.78 is 2.13. The third-order valence-corrected chi connectivity index (χ3v) is 10.3. The number of rotatable bonds is 6. The average molecular weight is 695 g/mol. The lowest BCUT2D eigenvalue weighted by Gasteiger charge is -2.20. The van der Waals surface area contributed by atoms with Gasteiger partial charge < -0.3 is 4.57 Å². The lowest BCUT2D eigenvalue weighted by molar-refractivity contribution is 0.0926. The monoisotopic (exact) mass is 694 g/mol. The molecule has 54 heavy (non-hydrogen) atoms. The Kier molecular flexibility index (Phi) is 7.34. The minimum Gasteiger partial charge on any atom is -0.308 e. The quantitative estimate of drug-likeness (QED) is 0.163. The fraction of sp³-hybridized carbons (Fsp3) is 0. The highest BCUT2D eigenvalue weighted by molar-refractivity contribution is 6.36. The lowest BCUT2D eigenvalue weighted by Crippen LogP contribution is -2.30. The van der Waals surface area contributed by atoms with E-state index in [1.54, 1.807) is 18.5 Å². The maximum atomic E-state index is 15.0. The van der Waals surface area contributed by atoms with Crippen LogP contribution in [0, 0.1) is 0 Å². The van der Waals surface area contributed by atoms with Crippen molar-refractivity contribution in [3.63, 3.8) is 0 Å². The van der Waals surface area contributed by atoms with Gasteiger partial charge in [-0.05, 0) is 76.3 Å². The van der Waals surface area contributed by atoms with E-state index in [0.717, 1.165) is 66.3 Å². The van der Waals surface area contributed by atoms with Crippen molar-refractivity contribution in [1.82, 2.24) is 14.5 Å². The second-order valence-electron chi connectivity index (χ2n) is 13.3. The summed E-state index contributed by atoms with van der Waals surface area (Å²) in [4.78, 5) is 39.8. The second-order valence-corrected chi connectivity index (χ2v) is 13.3. The molecule has 0 fully saturated rings. The van der Waals surface area contributed by atoms with Gasteiger partial charge in [0.25, 0.3) is 11.8 Å². The van der Waals surface area contributed by atoms with Gasteiger partial charge in [0.2, 0.25) is 0 Å². The number of carbonyl (C=O) groups excluding carboxylic acids is 2. The van der Waals surface area contributed by atoms with Crippen LogP contribution in [0.25, 0.3) is 72.0 Å². The SMILES string of the molecule is O=C1c2cccc(-n3c4cccc(-c5cccnc5)c4c4c(-c5cccnc5)cccc43)c2C(=O)N1c1ccc(-c2ccccc2)cc1-c1ccccc1. The summed E-state index contributed by atoms with van der Waals surface area (Å²) in [7, 11) is 0. The Bertz CT molecular complexity index is 2810. The molecule has 0 atom stereocenters. The zero-order valence-corrected chi connectivity index (χ0v) is 28.9. The van der Waals surface area contributed by atoms with Crippen molar-refractivity contribution in [2.45, 2.75) is 0 Å². The maximum absolute atomic E-state index is 15.0. The zero-order valence-electron chi connectivity index (χ0n) is 28.9. The first kappa shape index (κ1) is 31.3. The first-order valence-electron chi connectivity index (χ1n) is 17.8. The molecule has 0 aliphatic carbocycles. The average Bonchev–Trinajstić information content (AvgIpc) is 3.72. The Balaban J connectivity index is 1.21. The number of amides is 2. The Hall–Kier alpha value is -7.44. The molecule has 1 aliphatic heterocycles. The van der Waals surface area contributed by atoms with Crippen molar-refractivity contribution >= 4 is 39.3 Å². The predicted octanol–water partition coefficient (Wildman–Crippen LogP) is 11.0. The molecular formula is C48H30N4O2. The molecule has 2 amide bonds. The van der Waals surface area contributed by atoms with Gasteiger partial charge in [-0.1, -0.05) is 109 Å². The number of hydrogen-bond donors (Lipinski definition) is 0. The van der Waals surface area contributed by atoms with Gasteiger partial charge in [0.05, 0.1) is 33.5 Å². The second kappa shape index (κ2) is 12.7. The number of hydrogen-bond acceptors (Lipinski definition) is 4. The van der Waals surface area contributed by atoms with Gasteiger partial charge in [0.15, 0.2) is 0 Å². The molecule has 10 rings (SSSR count). The highest BCUT2D eigenvalue weighted by Crippen LogP contribution is 2.45. The van der Waals surface area contributed by atoms with Crippen molar-refractivity contribution in [3.05, 3.63) is 194 Å². The predicted molar refractivity (Wildman–Crippen MR) is 216 cm³/mol. The molecule has 6 nitrogen and oxygen atoms in total. The molecule has 9 aromatic rings. The summed E-state index contributed by atoms with van der Waals surface area (Å²) in [6.45, 7) is 0. The van der Waals surface area contributed by atoms with E-state index in [4.69, 9.17) is 0 Å². The number of carbonyl (C=O) groups is 2. The van der Waals surface area contributed by atoms with Gasteiger partial charge in [0, 0.05) is 52.3 Å². The molecule has 6 aromatic carbocycles. The number of imide groups is 1. The molecule has 6 heteroatoms. The standard InChI is InChI=1S/C48H30N4O2/c53-47-38-20-9-23-43(46(38)48(54)52(47)40-25-24-33(31-12-3-1-4-13-31)28-39(40)32-14-5-2-6-15-32)51-41-21-7-18-36(34-16-10-26-49-29-34)44(41)45-37(19-8-22-42(45)51)35-17-11-27-50-30-35/h1-30H. The Morgan fingerprint density at radius 3 is 1.54 bits per heavy atom. The van der Waals surface area contributed by atoms with Crippen molar-refractivity contribution < 1.29 is 9.59 Å². The van der Waals surface area contributed by atoms with Gasteiger partial charge in [-0.15, -0.1) is 0 Å². The molecule has 0 spiro atoms. The topological polar surface area (TPSA) is 68.1 Å². The van der Waals surface area contributed by atoms with Crippen LogP contribution >= 0.6 is 0 Å². The lowest BCUT2D eigenvalue weighted by atomic mass is 9.96.